The van der Waals surface area contributed by atoms with Crippen LogP contribution < -0.4 is 16.4 Å². The zero-order valence-electron chi connectivity index (χ0n) is 17.1. The van der Waals surface area contributed by atoms with Gasteiger partial charge in [-0.3, -0.25) is 14.4 Å². The molecule has 8 heteroatoms. The first-order valence-corrected chi connectivity index (χ1v) is 11.8. The van der Waals surface area contributed by atoms with Gasteiger partial charge in [-0.05, 0) is 49.6 Å². The number of Topliss-reactive ketones (excluding diaryl/α,β-unsaturated/α-hetero) is 1. The highest BCUT2D eigenvalue weighted by molar-refractivity contribution is 7.16. The lowest BCUT2D eigenvalue weighted by Crippen LogP contribution is -2.46. The lowest BCUT2D eigenvalue weighted by Gasteiger charge is -2.20. The molecule has 31 heavy (non-hydrogen) atoms. The second-order valence-electron chi connectivity index (χ2n) is 7.54. The van der Waals surface area contributed by atoms with E-state index in [0.717, 1.165) is 41.7 Å². The Labute approximate surface area is 188 Å². The maximum atomic E-state index is 13.3. The van der Waals surface area contributed by atoms with Crippen molar-refractivity contribution in [2.24, 2.45) is 5.73 Å². The molecule has 4 rings (SSSR count). The molecule has 0 fully saturated rings. The summed E-state index contributed by atoms with van der Waals surface area (Å²) in [5.74, 6) is -1.16. The third-order valence-electron chi connectivity index (χ3n) is 5.31. The summed E-state index contributed by atoms with van der Waals surface area (Å²) in [6.07, 6.45) is 2.72. The summed E-state index contributed by atoms with van der Waals surface area (Å²) in [5, 5.41) is 8.27. The number of hydrogen-bond donors (Lipinski definition) is 3. The number of aryl methyl sites for hydroxylation is 2. The van der Waals surface area contributed by atoms with E-state index in [2.05, 4.69) is 10.6 Å². The number of carbonyl (C=O) groups is 3. The Morgan fingerprint density at radius 3 is 2.48 bits per heavy atom. The van der Waals surface area contributed by atoms with Crippen molar-refractivity contribution < 1.29 is 14.4 Å². The predicted octanol–water partition coefficient (Wildman–Crippen LogP) is 4.15. The van der Waals surface area contributed by atoms with Crippen LogP contribution in [-0.4, -0.2) is 23.8 Å². The Hall–Kier alpha value is -2.97. The van der Waals surface area contributed by atoms with Gasteiger partial charge in [0.2, 0.25) is 5.78 Å². The molecule has 1 aromatic carbocycles. The van der Waals surface area contributed by atoms with E-state index in [9.17, 15) is 14.4 Å². The molecule has 0 aliphatic heterocycles. The number of nitrogens with two attached hydrogens (primary N) is 1. The van der Waals surface area contributed by atoms with Gasteiger partial charge >= 0.3 is 0 Å². The molecule has 3 aromatic rings. The van der Waals surface area contributed by atoms with Gasteiger partial charge in [0.1, 0.15) is 5.00 Å². The second-order valence-corrected chi connectivity index (χ2v) is 9.59. The summed E-state index contributed by atoms with van der Waals surface area (Å²) in [6.45, 7) is 1.94. The molecule has 0 unspecified atom stereocenters. The minimum absolute atomic E-state index is 0.285. The first-order chi connectivity index (χ1) is 14.9. The largest absolute Gasteiger partial charge is 0.365 e. The standard InChI is InChI=1S/C23H23N3O3S2/c1-13-8-10-14(11-9-13)19(27)21(25-22(29)17-7-4-12-30-17)26-23-18(20(24)28)15-5-2-3-6-16(15)31-23/h4,7-12,21,26H,2-3,5-6H2,1H3,(H2,24,28)(H,25,29)/t21-/m0/s1. The van der Waals surface area contributed by atoms with Crippen molar-refractivity contribution in [1.82, 2.24) is 5.32 Å². The zero-order chi connectivity index (χ0) is 22.0. The van der Waals surface area contributed by atoms with E-state index in [4.69, 9.17) is 5.73 Å². The number of fused-ring (bicyclic) bond motifs is 1. The van der Waals surface area contributed by atoms with E-state index >= 15 is 0 Å². The molecule has 6 nitrogen and oxygen atoms in total. The van der Waals surface area contributed by atoms with Crippen LogP contribution in [0.25, 0.3) is 0 Å². The van der Waals surface area contributed by atoms with Crippen LogP contribution in [0, 0.1) is 6.92 Å². The average molecular weight is 454 g/mol. The van der Waals surface area contributed by atoms with E-state index in [0.29, 0.717) is 21.0 Å². The number of benzene rings is 1. The highest BCUT2D eigenvalue weighted by atomic mass is 32.1. The average Bonchev–Trinajstić information content (AvgIpc) is 3.41. The molecule has 0 saturated heterocycles. The molecule has 160 valence electrons. The first kappa shape index (κ1) is 21.3. The summed E-state index contributed by atoms with van der Waals surface area (Å²) in [5.41, 5.74) is 8.61. The van der Waals surface area contributed by atoms with Gasteiger partial charge in [-0.15, -0.1) is 22.7 Å². The fourth-order valence-electron chi connectivity index (χ4n) is 3.72. The minimum Gasteiger partial charge on any atom is -0.365 e. The first-order valence-electron chi connectivity index (χ1n) is 10.1. The van der Waals surface area contributed by atoms with Gasteiger partial charge in [-0.2, -0.15) is 0 Å². The van der Waals surface area contributed by atoms with Crippen molar-refractivity contribution in [3.8, 4) is 0 Å². The maximum Gasteiger partial charge on any atom is 0.263 e. The second kappa shape index (κ2) is 9.03. The van der Waals surface area contributed by atoms with Gasteiger partial charge in [-0.1, -0.05) is 35.9 Å². The summed E-state index contributed by atoms with van der Waals surface area (Å²) in [6, 6.07) is 10.7. The number of carbonyl (C=O) groups excluding carboxylic acids is 3. The van der Waals surface area contributed by atoms with Crippen molar-refractivity contribution in [1.29, 1.82) is 0 Å². The Bertz CT molecular complexity index is 1120. The summed E-state index contributed by atoms with van der Waals surface area (Å²) in [7, 11) is 0. The predicted molar refractivity (Wildman–Crippen MR) is 124 cm³/mol. The Morgan fingerprint density at radius 1 is 1.06 bits per heavy atom. The molecule has 1 aliphatic rings. The number of anilines is 1. The molecule has 2 amide bonds. The quantitative estimate of drug-likeness (QED) is 0.369. The van der Waals surface area contributed by atoms with Crippen molar-refractivity contribution in [3.05, 3.63) is 73.8 Å². The molecule has 1 aliphatic carbocycles. The normalized spacial score (nSPS) is 13.8. The molecule has 2 heterocycles. The summed E-state index contributed by atoms with van der Waals surface area (Å²) < 4.78 is 0. The number of rotatable bonds is 7. The van der Waals surface area contributed by atoms with Gasteiger partial charge in [0, 0.05) is 10.4 Å². The van der Waals surface area contributed by atoms with Crippen molar-refractivity contribution in [2.75, 3.05) is 5.32 Å². The lowest BCUT2D eigenvalue weighted by molar-refractivity contribution is 0.0872. The molecule has 0 radical (unpaired) electrons. The fourth-order valence-corrected chi connectivity index (χ4v) is 5.67. The van der Waals surface area contributed by atoms with Gasteiger partial charge in [0.15, 0.2) is 6.17 Å². The summed E-state index contributed by atoms with van der Waals surface area (Å²) >= 11 is 2.74. The van der Waals surface area contributed by atoms with Crippen LogP contribution in [0.3, 0.4) is 0 Å². The lowest BCUT2D eigenvalue weighted by atomic mass is 9.95. The number of hydrogen-bond acceptors (Lipinski definition) is 6. The van der Waals surface area contributed by atoms with Gasteiger partial charge in [0.05, 0.1) is 10.4 Å². The smallest absolute Gasteiger partial charge is 0.263 e. The summed E-state index contributed by atoms with van der Waals surface area (Å²) in [4.78, 5) is 39.9. The molecule has 0 saturated carbocycles. The monoisotopic (exact) mass is 453 g/mol. The topological polar surface area (TPSA) is 101 Å². The van der Waals surface area contributed by atoms with Crippen LogP contribution in [0.4, 0.5) is 5.00 Å². The van der Waals surface area contributed by atoms with Crippen molar-refractivity contribution >= 4 is 45.3 Å². The van der Waals surface area contributed by atoms with Gasteiger partial charge < -0.3 is 16.4 Å². The van der Waals surface area contributed by atoms with Crippen LogP contribution in [0.5, 0.6) is 0 Å². The third kappa shape index (κ3) is 4.55. The van der Waals surface area contributed by atoms with Gasteiger partial charge in [0.25, 0.3) is 11.8 Å². The zero-order valence-corrected chi connectivity index (χ0v) is 18.7. The maximum absolute atomic E-state index is 13.3. The number of ketones is 1. The highest BCUT2D eigenvalue weighted by Crippen LogP contribution is 2.38. The van der Waals surface area contributed by atoms with Crippen LogP contribution >= 0.6 is 22.7 Å². The number of nitrogens with one attached hydrogen (secondary N) is 2. The van der Waals surface area contributed by atoms with E-state index < -0.39 is 12.1 Å². The van der Waals surface area contributed by atoms with Crippen LogP contribution in [0.15, 0.2) is 41.8 Å². The third-order valence-corrected chi connectivity index (χ3v) is 7.40. The van der Waals surface area contributed by atoms with E-state index in [1.54, 1.807) is 29.6 Å². The number of thiophene rings is 2. The Morgan fingerprint density at radius 2 is 1.81 bits per heavy atom. The molecular formula is C23H23N3O3S2. The molecule has 0 bridgehead atoms. The number of primary amides is 1. The molecular weight excluding hydrogens is 430 g/mol. The molecule has 4 N–H and O–H groups in total. The van der Waals surface area contributed by atoms with Crippen molar-refractivity contribution in [3.63, 3.8) is 0 Å². The van der Waals surface area contributed by atoms with Crippen LogP contribution in [-0.2, 0) is 12.8 Å². The van der Waals surface area contributed by atoms with E-state index in [1.165, 1.54) is 22.7 Å². The van der Waals surface area contributed by atoms with E-state index in [1.807, 2.05) is 19.1 Å². The SMILES string of the molecule is Cc1ccc(C(=O)[C@@H](NC(=O)c2cccs2)Nc2sc3c(c2C(N)=O)CCCC3)cc1. The Kier molecular flexibility index (Phi) is 6.20. The molecule has 1 atom stereocenters. The minimum atomic E-state index is -1.03. The molecule has 2 aromatic heterocycles. The number of amides is 2. The molecule has 0 spiro atoms. The fraction of sp³-hybridized carbons (Fsp3) is 0.261. The van der Waals surface area contributed by atoms with Crippen LogP contribution in [0.1, 0.15) is 59.2 Å². The van der Waals surface area contributed by atoms with E-state index in [-0.39, 0.29) is 11.7 Å². The van der Waals surface area contributed by atoms with Crippen molar-refractivity contribution in [2.45, 2.75) is 38.8 Å². The highest BCUT2D eigenvalue weighted by Gasteiger charge is 2.29. The van der Waals surface area contributed by atoms with Gasteiger partial charge in [-0.25, -0.2) is 0 Å². The van der Waals surface area contributed by atoms with Crippen LogP contribution in [0.2, 0.25) is 0 Å². The Balaban J connectivity index is 1.68.